The molecular weight excluding hydrogens is 1200 g/mol. The van der Waals surface area contributed by atoms with Gasteiger partial charge in [-0.25, -0.2) is 43.9 Å². The molecule has 6 N–H and O–H groups in total. The summed E-state index contributed by atoms with van der Waals surface area (Å²) in [5, 5.41) is 48.8. The molecule has 0 aromatic heterocycles. The Bertz CT molecular complexity index is 2290. The monoisotopic (exact) mass is 1240 g/mol. The SMILES string of the molecule is C=CCC(O)c1cc(F)c(C(F)(F)Oc2cc(F)c(F)c(F)c2)c(F)c1.CC(=O)O.CC(=O)O.CC(=O)O.CC(=O)O.OC1CCCC(c2cc(F)c(C(F)(F)Oc3cc(F)c(F)c(F)c3)c(F)c2)O1.[Rh].[Rh]. The smallest absolute Gasteiger partial charge is 0.432 e. The van der Waals surface area contributed by atoms with E-state index in [2.05, 4.69) is 16.1 Å². The predicted molar refractivity (Wildman–Crippen MR) is 211 cm³/mol. The average molecular weight is 1240 g/mol. The molecule has 0 aliphatic carbocycles. The third kappa shape index (κ3) is 25.1. The maximum atomic E-state index is 14.3. The van der Waals surface area contributed by atoms with Gasteiger partial charge in [0, 0.05) is 90.9 Å². The fraction of sp³-hybridized carbons (Fsp3) is 0.302. The zero-order chi connectivity index (χ0) is 54.6. The van der Waals surface area contributed by atoms with Crippen LogP contribution in [-0.2, 0) is 75.1 Å². The number of aliphatic hydroxyl groups is 2. The molecule has 406 valence electrons. The summed E-state index contributed by atoms with van der Waals surface area (Å²) in [6.07, 6.45) is -10.4. The maximum Gasteiger partial charge on any atom is 0.432 e. The van der Waals surface area contributed by atoms with Gasteiger partial charge in [0.1, 0.15) is 45.9 Å². The molecule has 72 heavy (non-hydrogen) atoms. The average Bonchev–Trinajstić information content (AvgIpc) is 3.17. The summed E-state index contributed by atoms with van der Waals surface area (Å²) in [7, 11) is 0. The molecule has 29 heteroatoms. The molecule has 0 spiro atoms. The van der Waals surface area contributed by atoms with E-state index in [1.165, 1.54) is 6.08 Å². The summed E-state index contributed by atoms with van der Waals surface area (Å²) in [4.78, 5) is 36.0. The Labute approximate surface area is 424 Å². The second kappa shape index (κ2) is 32.3. The van der Waals surface area contributed by atoms with Crippen molar-refractivity contribution >= 4 is 23.9 Å². The Morgan fingerprint density at radius 1 is 0.597 bits per heavy atom. The van der Waals surface area contributed by atoms with Crippen molar-refractivity contribution in [3.63, 3.8) is 0 Å². The summed E-state index contributed by atoms with van der Waals surface area (Å²) in [5.74, 6) is -23.6. The van der Waals surface area contributed by atoms with Crippen molar-refractivity contribution in [1.82, 2.24) is 0 Å². The van der Waals surface area contributed by atoms with Crippen molar-refractivity contribution < 1.29 is 164 Å². The zero-order valence-electron chi connectivity index (χ0n) is 37.0. The van der Waals surface area contributed by atoms with Crippen LogP contribution < -0.4 is 9.47 Å². The fourth-order valence-electron chi connectivity index (χ4n) is 5.04. The maximum absolute atomic E-state index is 14.3. The predicted octanol–water partition coefficient (Wildman–Crippen LogP) is 10.5. The first-order valence-electron chi connectivity index (χ1n) is 18.9. The van der Waals surface area contributed by atoms with E-state index in [0.29, 0.717) is 43.5 Å². The third-order valence-electron chi connectivity index (χ3n) is 7.50. The number of benzene rings is 4. The van der Waals surface area contributed by atoms with Gasteiger partial charge in [0.05, 0.1) is 12.2 Å². The minimum atomic E-state index is -4.67. The van der Waals surface area contributed by atoms with Crippen LogP contribution in [0.15, 0.2) is 61.2 Å². The van der Waals surface area contributed by atoms with Crippen molar-refractivity contribution in [2.24, 2.45) is 0 Å². The van der Waals surface area contributed by atoms with Gasteiger partial charge in [-0.15, -0.1) is 6.58 Å². The Hall–Kier alpha value is -5.75. The molecule has 1 saturated heterocycles. The number of hydrogen-bond donors (Lipinski definition) is 6. The van der Waals surface area contributed by atoms with E-state index in [9.17, 15) is 71.7 Å². The fourth-order valence-corrected chi connectivity index (χ4v) is 5.04. The topological polar surface area (TPSA) is 217 Å². The van der Waals surface area contributed by atoms with Gasteiger partial charge in [0.2, 0.25) is 0 Å². The number of carboxylic acids is 4. The first kappa shape index (κ1) is 70.5. The van der Waals surface area contributed by atoms with E-state index in [0.717, 1.165) is 27.7 Å². The number of aliphatic hydroxyl groups excluding tert-OH is 2. The molecule has 0 bridgehead atoms. The molecule has 1 heterocycles. The molecule has 1 aliphatic heterocycles. The second-order valence-electron chi connectivity index (χ2n) is 13.5. The van der Waals surface area contributed by atoms with Crippen LogP contribution in [0.3, 0.4) is 0 Å². The molecule has 4 aromatic carbocycles. The van der Waals surface area contributed by atoms with Crippen LogP contribution in [0.25, 0.3) is 0 Å². The Kier molecular flexibility index (Phi) is 31.7. The van der Waals surface area contributed by atoms with Crippen LogP contribution in [0.4, 0.5) is 61.5 Å². The van der Waals surface area contributed by atoms with Gasteiger partial charge in [-0.2, -0.15) is 17.6 Å². The minimum Gasteiger partial charge on any atom is -0.481 e. The van der Waals surface area contributed by atoms with E-state index < -0.39 is 135 Å². The van der Waals surface area contributed by atoms with Crippen molar-refractivity contribution in [1.29, 1.82) is 0 Å². The quantitative estimate of drug-likeness (QED) is 0.0377. The van der Waals surface area contributed by atoms with Crippen molar-refractivity contribution in [2.75, 3.05) is 0 Å². The molecule has 4 aromatic rings. The first-order chi connectivity index (χ1) is 32.1. The van der Waals surface area contributed by atoms with Crippen LogP contribution in [-0.4, -0.2) is 60.8 Å². The molecule has 1 fully saturated rings. The van der Waals surface area contributed by atoms with Crippen LogP contribution in [0.1, 0.15) is 87.8 Å². The van der Waals surface area contributed by atoms with Crippen molar-refractivity contribution in [3.8, 4) is 11.5 Å². The second-order valence-corrected chi connectivity index (χ2v) is 13.5. The van der Waals surface area contributed by atoms with Crippen molar-refractivity contribution in [3.05, 3.63) is 142 Å². The number of halogens is 14. The zero-order valence-corrected chi connectivity index (χ0v) is 40.2. The number of carbonyl (C=O) groups is 4. The van der Waals surface area contributed by atoms with Crippen LogP contribution >= 0.6 is 0 Å². The molecule has 0 amide bonds. The van der Waals surface area contributed by atoms with Crippen LogP contribution in [0, 0.1) is 58.2 Å². The minimum absolute atomic E-state index is 0. The largest absolute Gasteiger partial charge is 0.481 e. The summed E-state index contributed by atoms with van der Waals surface area (Å²) in [5.41, 5.74) is -4.06. The number of carboxylic acid groups (broad SMARTS) is 4. The van der Waals surface area contributed by atoms with Crippen LogP contribution in [0.5, 0.6) is 11.5 Å². The van der Waals surface area contributed by atoms with Gasteiger partial charge in [0.15, 0.2) is 41.2 Å². The third-order valence-corrected chi connectivity index (χ3v) is 7.50. The standard InChI is InChI=1S/C18H13F7O3.C17H11F7O2.4C2H4O2.2Rh/c19-10-4-8(14-2-1-3-15(26)27-14)5-11(20)16(10)18(24,25)28-9-6-12(21)17(23)13(22)7-9;1-2-3-14(25)8-4-10(18)15(11(19)5-8)17(23,24)26-9-6-12(20)16(22)13(21)7-9;4*1-2(3)4;;/h4-7,14-15,26H,1-3H2;2,4-7,14,25H,1,3H2;4*1H3,(H,3,4);;. The van der Waals surface area contributed by atoms with E-state index in [1.807, 2.05) is 0 Å². The number of alkyl halides is 4. The number of aliphatic carboxylic acids is 4. The number of rotatable bonds is 10. The summed E-state index contributed by atoms with van der Waals surface area (Å²) in [6, 6.07) is 2.58. The number of hydrogen-bond acceptors (Lipinski definition) is 9. The Morgan fingerprint density at radius 2 is 0.889 bits per heavy atom. The van der Waals surface area contributed by atoms with Gasteiger partial charge in [-0.05, 0) is 61.1 Å². The van der Waals surface area contributed by atoms with Crippen molar-refractivity contribution in [2.45, 2.75) is 84.1 Å². The summed E-state index contributed by atoms with van der Waals surface area (Å²) in [6.45, 7) is 7.65. The molecule has 2 radical (unpaired) electrons. The Balaban J connectivity index is -0.000000997. The molecule has 13 nitrogen and oxygen atoms in total. The molecule has 0 saturated carbocycles. The van der Waals surface area contributed by atoms with E-state index in [4.69, 9.17) is 44.3 Å². The molecule has 3 unspecified atom stereocenters. The molecule has 1 aliphatic rings. The van der Waals surface area contributed by atoms with E-state index >= 15 is 0 Å². The number of ether oxygens (including phenoxy) is 3. The first-order valence-corrected chi connectivity index (χ1v) is 18.9. The van der Waals surface area contributed by atoms with Gasteiger partial charge in [-0.1, -0.05) is 6.08 Å². The Morgan fingerprint density at radius 3 is 1.17 bits per heavy atom. The summed E-state index contributed by atoms with van der Waals surface area (Å²) >= 11 is 0. The molecule has 3 atom stereocenters. The van der Waals surface area contributed by atoms with Gasteiger partial charge in [0.25, 0.3) is 23.9 Å². The van der Waals surface area contributed by atoms with E-state index in [1.54, 1.807) is 0 Å². The normalized spacial score (nSPS) is 13.9. The molecular formula is C43H40F14O13Rh2. The summed E-state index contributed by atoms with van der Waals surface area (Å²) < 4.78 is 204. The van der Waals surface area contributed by atoms with Gasteiger partial charge < -0.3 is 44.8 Å². The van der Waals surface area contributed by atoms with Crippen LogP contribution in [0.2, 0.25) is 0 Å². The van der Waals surface area contributed by atoms with Gasteiger partial charge in [-0.3, -0.25) is 19.2 Å². The van der Waals surface area contributed by atoms with Gasteiger partial charge >= 0.3 is 12.2 Å². The molecule has 5 rings (SSSR count). The van der Waals surface area contributed by atoms with E-state index in [-0.39, 0.29) is 80.8 Å².